The maximum atomic E-state index is 9.12. The Balaban J connectivity index is 3.98. The molecule has 0 saturated heterocycles. The van der Waals surface area contributed by atoms with Crippen LogP contribution in [-0.2, 0) is 0 Å². The fourth-order valence-corrected chi connectivity index (χ4v) is 0.731. The molecule has 0 rings (SSSR count). The summed E-state index contributed by atoms with van der Waals surface area (Å²) in [4.78, 5) is 0. The van der Waals surface area contributed by atoms with Gasteiger partial charge in [0.1, 0.15) is 0 Å². The highest BCUT2D eigenvalue weighted by Crippen LogP contribution is 2.03. The first-order valence-corrected chi connectivity index (χ1v) is 3.73. The Morgan fingerprint density at radius 3 is 2.50 bits per heavy atom. The van der Waals surface area contributed by atoms with Gasteiger partial charge in [0.15, 0.2) is 0 Å². The molecule has 0 saturated carbocycles. The Bertz CT molecular complexity index is 132. The Labute approximate surface area is 63.1 Å². The first kappa shape index (κ1) is 9.44. The van der Waals surface area contributed by atoms with Gasteiger partial charge in [-0.15, -0.1) is 0 Å². The van der Waals surface area contributed by atoms with Gasteiger partial charge in [-0.2, -0.15) is 0 Å². The SMILES string of the molecule is C/C=C(\C=C/CC)C(C)O. The summed E-state index contributed by atoms with van der Waals surface area (Å²) in [7, 11) is 0. The van der Waals surface area contributed by atoms with Gasteiger partial charge in [-0.25, -0.2) is 0 Å². The molecule has 10 heavy (non-hydrogen) atoms. The van der Waals surface area contributed by atoms with E-state index in [1.807, 2.05) is 25.2 Å². The van der Waals surface area contributed by atoms with E-state index in [1.165, 1.54) is 0 Å². The molecule has 0 bridgehead atoms. The number of rotatable bonds is 3. The lowest BCUT2D eigenvalue weighted by Gasteiger charge is -2.02. The van der Waals surface area contributed by atoms with Crippen molar-refractivity contribution in [3.63, 3.8) is 0 Å². The lowest BCUT2D eigenvalue weighted by molar-refractivity contribution is 0.235. The molecule has 1 N–H and O–H groups in total. The van der Waals surface area contributed by atoms with Crippen molar-refractivity contribution >= 4 is 0 Å². The van der Waals surface area contributed by atoms with Crippen LogP contribution in [0.5, 0.6) is 0 Å². The van der Waals surface area contributed by atoms with E-state index in [9.17, 15) is 0 Å². The lowest BCUT2D eigenvalue weighted by atomic mass is 10.1. The van der Waals surface area contributed by atoms with Crippen LogP contribution in [0.1, 0.15) is 27.2 Å². The van der Waals surface area contributed by atoms with E-state index in [1.54, 1.807) is 6.92 Å². The van der Waals surface area contributed by atoms with E-state index in [2.05, 4.69) is 6.92 Å². The zero-order chi connectivity index (χ0) is 7.98. The normalized spacial score (nSPS) is 16.2. The third-order valence-corrected chi connectivity index (χ3v) is 1.36. The van der Waals surface area contributed by atoms with Crippen LogP contribution in [0.25, 0.3) is 0 Å². The van der Waals surface area contributed by atoms with Crippen LogP contribution in [0.2, 0.25) is 0 Å². The summed E-state index contributed by atoms with van der Waals surface area (Å²) in [6.07, 6.45) is 6.61. The number of hydrogen-bond acceptors (Lipinski definition) is 1. The molecule has 58 valence electrons. The quantitative estimate of drug-likeness (QED) is 0.596. The average Bonchev–Trinajstić information content (AvgIpc) is 1.89. The molecule has 0 aromatic rings. The van der Waals surface area contributed by atoms with Crippen molar-refractivity contribution in [3.05, 3.63) is 23.8 Å². The highest BCUT2D eigenvalue weighted by Gasteiger charge is 1.96. The third kappa shape index (κ3) is 3.46. The Morgan fingerprint density at radius 1 is 1.60 bits per heavy atom. The second-order valence-corrected chi connectivity index (χ2v) is 2.28. The molecule has 0 amide bonds. The summed E-state index contributed by atoms with van der Waals surface area (Å²) in [5.74, 6) is 0. The number of aliphatic hydroxyl groups is 1. The lowest BCUT2D eigenvalue weighted by Crippen LogP contribution is -2.01. The summed E-state index contributed by atoms with van der Waals surface area (Å²) >= 11 is 0. The second kappa shape index (κ2) is 5.24. The molecular weight excluding hydrogens is 124 g/mol. The van der Waals surface area contributed by atoms with Crippen LogP contribution < -0.4 is 0 Å². The molecule has 1 nitrogen and oxygen atoms in total. The van der Waals surface area contributed by atoms with Crippen LogP contribution in [0.3, 0.4) is 0 Å². The van der Waals surface area contributed by atoms with Gasteiger partial charge in [0.25, 0.3) is 0 Å². The van der Waals surface area contributed by atoms with Crippen LogP contribution in [0.15, 0.2) is 23.8 Å². The van der Waals surface area contributed by atoms with Crippen molar-refractivity contribution in [2.75, 3.05) is 0 Å². The van der Waals surface area contributed by atoms with Gasteiger partial charge in [-0.05, 0) is 25.8 Å². The first-order chi connectivity index (χ1) is 4.72. The smallest absolute Gasteiger partial charge is 0.0758 e. The molecule has 1 atom stereocenters. The average molecular weight is 140 g/mol. The number of aliphatic hydroxyl groups excluding tert-OH is 1. The maximum Gasteiger partial charge on any atom is 0.0758 e. The standard InChI is InChI=1S/C9H16O/c1-4-6-7-9(5-2)8(3)10/h5-8,10H,4H2,1-3H3/b7-6-,9-5+. The zero-order valence-electron chi connectivity index (χ0n) is 6.96. The van der Waals surface area contributed by atoms with Gasteiger partial charge in [0, 0.05) is 0 Å². The Kier molecular flexibility index (Phi) is 4.95. The molecule has 0 aliphatic carbocycles. The van der Waals surface area contributed by atoms with Gasteiger partial charge in [-0.3, -0.25) is 0 Å². The molecular formula is C9H16O. The fraction of sp³-hybridized carbons (Fsp3) is 0.556. The molecule has 0 fully saturated rings. The summed E-state index contributed by atoms with van der Waals surface area (Å²) in [5, 5.41) is 9.12. The largest absolute Gasteiger partial charge is 0.389 e. The highest BCUT2D eigenvalue weighted by atomic mass is 16.3. The van der Waals surface area contributed by atoms with Gasteiger partial charge >= 0.3 is 0 Å². The van der Waals surface area contributed by atoms with E-state index in [4.69, 9.17) is 5.11 Å². The van der Waals surface area contributed by atoms with Crippen LogP contribution in [-0.4, -0.2) is 11.2 Å². The Hall–Kier alpha value is -0.560. The van der Waals surface area contributed by atoms with Crippen LogP contribution in [0, 0.1) is 0 Å². The highest BCUT2D eigenvalue weighted by molar-refractivity contribution is 5.20. The van der Waals surface area contributed by atoms with Crippen molar-refractivity contribution in [2.24, 2.45) is 0 Å². The van der Waals surface area contributed by atoms with E-state index in [-0.39, 0.29) is 6.10 Å². The molecule has 0 aliphatic heterocycles. The second-order valence-electron chi connectivity index (χ2n) is 2.28. The molecule has 1 unspecified atom stereocenters. The van der Waals surface area contributed by atoms with Gasteiger partial charge in [0.05, 0.1) is 6.10 Å². The van der Waals surface area contributed by atoms with Gasteiger partial charge < -0.3 is 5.11 Å². The van der Waals surface area contributed by atoms with E-state index in [0.29, 0.717) is 0 Å². The topological polar surface area (TPSA) is 20.2 Å². The number of hydrogen-bond donors (Lipinski definition) is 1. The van der Waals surface area contributed by atoms with Crippen LogP contribution >= 0.6 is 0 Å². The van der Waals surface area contributed by atoms with E-state index in [0.717, 1.165) is 12.0 Å². The first-order valence-electron chi connectivity index (χ1n) is 3.73. The molecule has 0 aromatic carbocycles. The minimum Gasteiger partial charge on any atom is -0.389 e. The van der Waals surface area contributed by atoms with E-state index >= 15 is 0 Å². The van der Waals surface area contributed by atoms with Crippen molar-refractivity contribution in [3.8, 4) is 0 Å². The van der Waals surface area contributed by atoms with Gasteiger partial charge in [-0.1, -0.05) is 25.2 Å². The predicted octanol–water partition coefficient (Wildman–Crippen LogP) is 2.28. The van der Waals surface area contributed by atoms with Crippen LogP contribution in [0.4, 0.5) is 0 Å². The summed E-state index contributed by atoms with van der Waals surface area (Å²) < 4.78 is 0. The minimum atomic E-state index is -0.340. The molecule has 0 heterocycles. The van der Waals surface area contributed by atoms with Crippen molar-refractivity contribution < 1.29 is 5.11 Å². The minimum absolute atomic E-state index is 0.340. The fourth-order valence-electron chi connectivity index (χ4n) is 0.731. The Morgan fingerprint density at radius 2 is 2.20 bits per heavy atom. The molecule has 1 heteroatoms. The molecule has 0 aromatic heterocycles. The summed E-state index contributed by atoms with van der Waals surface area (Å²) in [5.41, 5.74) is 0.988. The third-order valence-electron chi connectivity index (χ3n) is 1.36. The number of allylic oxidation sites excluding steroid dienone is 2. The van der Waals surface area contributed by atoms with Gasteiger partial charge in [0.2, 0.25) is 0 Å². The summed E-state index contributed by atoms with van der Waals surface area (Å²) in [6, 6.07) is 0. The molecule has 0 aliphatic rings. The molecule has 0 radical (unpaired) electrons. The summed E-state index contributed by atoms with van der Waals surface area (Å²) in [6.45, 7) is 5.78. The molecule has 0 spiro atoms. The monoisotopic (exact) mass is 140 g/mol. The predicted molar refractivity (Wildman–Crippen MR) is 44.9 cm³/mol. The zero-order valence-corrected chi connectivity index (χ0v) is 6.96. The van der Waals surface area contributed by atoms with Crippen molar-refractivity contribution in [1.29, 1.82) is 0 Å². The van der Waals surface area contributed by atoms with Crippen molar-refractivity contribution in [2.45, 2.75) is 33.3 Å². The van der Waals surface area contributed by atoms with E-state index < -0.39 is 0 Å². The maximum absolute atomic E-state index is 9.12. The van der Waals surface area contributed by atoms with Crippen molar-refractivity contribution in [1.82, 2.24) is 0 Å².